The van der Waals surface area contributed by atoms with E-state index in [0.717, 1.165) is 29.8 Å². The first-order valence-electron chi connectivity index (χ1n) is 8.90. The van der Waals surface area contributed by atoms with E-state index in [1.807, 2.05) is 13.8 Å². The van der Waals surface area contributed by atoms with Gasteiger partial charge in [-0.3, -0.25) is 4.79 Å². The fourth-order valence-corrected chi connectivity index (χ4v) is 3.58. The molecule has 0 atom stereocenters. The molecule has 3 aromatic rings. The Hall–Kier alpha value is -3.13. The fraction of sp³-hybridized carbons (Fsp3) is 0.190. The molecule has 0 aliphatic heterocycles. The molecule has 1 heterocycles. The molecule has 0 fully saturated rings. The Morgan fingerprint density at radius 2 is 1.72 bits per heavy atom. The van der Waals surface area contributed by atoms with Gasteiger partial charge in [0.2, 0.25) is 0 Å². The molecule has 0 saturated carbocycles. The van der Waals surface area contributed by atoms with E-state index in [-0.39, 0.29) is 28.4 Å². The van der Waals surface area contributed by atoms with Gasteiger partial charge < -0.3 is 13.5 Å². The number of halogens is 1. The minimum Gasteiger partial charge on any atom is -0.459 e. The molecule has 0 unspecified atom stereocenters. The maximum absolute atomic E-state index is 13.0. The average molecular weight is 417 g/mol. The third-order valence-electron chi connectivity index (χ3n) is 4.20. The van der Waals surface area contributed by atoms with Crippen LogP contribution in [0.5, 0.6) is 5.75 Å². The standard InChI is InChI=1S/C21H20FNO5S/c1-15(2)23(21(24)20-4-3-13-27-20)14-16-5-9-18(10-6-16)28-29(25,26)19-11-7-17(22)8-12-19/h3-13,15H,14H2,1-2H3. The van der Waals surface area contributed by atoms with Crippen molar-refractivity contribution in [1.29, 1.82) is 0 Å². The van der Waals surface area contributed by atoms with Gasteiger partial charge in [-0.05, 0) is 67.9 Å². The largest absolute Gasteiger partial charge is 0.459 e. The molecular weight excluding hydrogens is 397 g/mol. The molecule has 0 radical (unpaired) electrons. The minimum atomic E-state index is -4.07. The summed E-state index contributed by atoms with van der Waals surface area (Å²) in [6.07, 6.45) is 1.44. The van der Waals surface area contributed by atoms with E-state index in [9.17, 15) is 17.6 Å². The summed E-state index contributed by atoms with van der Waals surface area (Å²) < 4.78 is 47.8. The Balaban J connectivity index is 1.72. The van der Waals surface area contributed by atoms with Crippen molar-refractivity contribution in [3.63, 3.8) is 0 Å². The number of amides is 1. The Morgan fingerprint density at radius 1 is 1.07 bits per heavy atom. The summed E-state index contributed by atoms with van der Waals surface area (Å²) in [6, 6.07) is 13.9. The van der Waals surface area contributed by atoms with Gasteiger partial charge in [0.15, 0.2) is 5.76 Å². The lowest BCUT2D eigenvalue weighted by Crippen LogP contribution is -2.36. The van der Waals surface area contributed by atoms with Gasteiger partial charge in [-0.2, -0.15) is 8.42 Å². The molecule has 29 heavy (non-hydrogen) atoms. The van der Waals surface area contributed by atoms with Crippen molar-refractivity contribution in [2.45, 2.75) is 31.3 Å². The van der Waals surface area contributed by atoms with Crippen LogP contribution in [0.25, 0.3) is 0 Å². The fourth-order valence-electron chi connectivity index (χ4n) is 2.65. The van der Waals surface area contributed by atoms with Gasteiger partial charge in [0.1, 0.15) is 16.5 Å². The molecule has 0 bridgehead atoms. The number of benzene rings is 2. The molecule has 0 spiro atoms. The quantitative estimate of drug-likeness (QED) is 0.538. The Morgan fingerprint density at radius 3 is 2.28 bits per heavy atom. The molecule has 1 aromatic heterocycles. The Kier molecular flexibility index (Phi) is 6.03. The van der Waals surface area contributed by atoms with E-state index >= 15 is 0 Å². The van der Waals surface area contributed by atoms with Crippen LogP contribution < -0.4 is 4.18 Å². The first-order valence-corrected chi connectivity index (χ1v) is 10.3. The van der Waals surface area contributed by atoms with Crippen molar-refractivity contribution in [1.82, 2.24) is 4.90 Å². The van der Waals surface area contributed by atoms with E-state index < -0.39 is 15.9 Å². The predicted molar refractivity (Wildman–Crippen MR) is 104 cm³/mol. The van der Waals surface area contributed by atoms with Gasteiger partial charge in [-0.25, -0.2) is 4.39 Å². The number of carbonyl (C=O) groups excluding carboxylic acids is 1. The molecule has 0 aliphatic rings. The molecule has 8 heteroatoms. The van der Waals surface area contributed by atoms with Crippen LogP contribution in [0.2, 0.25) is 0 Å². The molecule has 6 nitrogen and oxygen atoms in total. The second-order valence-corrected chi connectivity index (χ2v) is 8.19. The molecule has 0 aliphatic carbocycles. The first-order chi connectivity index (χ1) is 13.8. The first kappa shape index (κ1) is 20.6. The summed E-state index contributed by atoms with van der Waals surface area (Å²) in [5.41, 5.74) is 0.796. The van der Waals surface area contributed by atoms with Gasteiger partial charge >= 0.3 is 10.1 Å². The van der Waals surface area contributed by atoms with E-state index in [1.54, 1.807) is 29.2 Å². The zero-order chi connectivity index (χ0) is 21.0. The van der Waals surface area contributed by atoms with Crippen molar-refractivity contribution in [3.8, 4) is 5.75 Å². The van der Waals surface area contributed by atoms with Gasteiger partial charge in [0, 0.05) is 12.6 Å². The second-order valence-electron chi connectivity index (χ2n) is 6.64. The summed E-state index contributed by atoms with van der Waals surface area (Å²) in [5.74, 6) is -0.396. The molecule has 1 amide bonds. The maximum Gasteiger partial charge on any atom is 0.339 e. The Labute approximate surface area is 168 Å². The number of rotatable bonds is 7. The summed E-state index contributed by atoms with van der Waals surface area (Å²) in [4.78, 5) is 14.1. The van der Waals surface area contributed by atoms with Crippen LogP contribution in [0.1, 0.15) is 30.0 Å². The van der Waals surface area contributed by atoms with E-state index in [1.165, 1.54) is 18.4 Å². The number of nitrogens with zero attached hydrogens (tertiary/aromatic N) is 1. The van der Waals surface area contributed by atoms with Crippen LogP contribution >= 0.6 is 0 Å². The molecule has 3 rings (SSSR count). The van der Waals surface area contributed by atoms with Crippen molar-refractivity contribution >= 4 is 16.0 Å². The third-order valence-corrected chi connectivity index (χ3v) is 5.46. The number of hydrogen-bond donors (Lipinski definition) is 0. The van der Waals surface area contributed by atoms with Crippen molar-refractivity contribution in [2.24, 2.45) is 0 Å². The molecule has 152 valence electrons. The zero-order valence-electron chi connectivity index (χ0n) is 15.9. The summed E-state index contributed by atoms with van der Waals surface area (Å²) in [5, 5.41) is 0. The third kappa shape index (κ3) is 5.03. The molecular formula is C21H20FNO5S. The van der Waals surface area contributed by atoms with Crippen molar-refractivity contribution in [3.05, 3.63) is 84.1 Å². The van der Waals surface area contributed by atoms with E-state index in [4.69, 9.17) is 8.60 Å². The highest BCUT2D eigenvalue weighted by Gasteiger charge is 2.21. The number of hydrogen-bond acceptors (Lipinski definition) is 5. The Bertz CT molecular complexity index is 1060. The normalized spacial score (nSPS) is 11.4. The highest BCUT2D eigenvalue weighted by molar-refractivity contribution is 7.87. The maximum atomic E-state index is 13.0. The predicted octanol–water partition coefficient (Wildman–Crippen LogP) is 4.24. The van der Waals surface area contributed by atoms with E-state index in [2.05, 4.69) is 0 Å². The highest BCUT2D eigenvalue weighted by atomic mass is 32.2. The van der Waals surface area contributed by atoms with E-state index in [0.29, 0.717) is 6.54 Å². The van der Waals surface area contributed by atoms with Crippen LogP contribution in [0.15, 0.2) is 76.2 Å². The molecule has 2 aromatic carbocycles. The SMILES string of the molecule is CC(C)N(Cc1ccc(OS(=O)(=O)c2ccc(F)cc2)cc1)C(=O)c1ccco1. The van der Waals surface area contributed by atoms with Gasteiger partial charge in [-0.15, -0.1) is 0 Å². The number of furan rings is 1. The summed E-state index contributed by atoms with van der Waals surface area (Å²) in [7, 11) is -4.07. The monoisotopic (exact) mass is 417 g/mol. The summed E-state index contributed by atoms with van der Waals surface area (Å²) >= 11 is 0. The highest BCUT2D eigenvalue weighted by Crippen LogP contribution is 2.21. The molecule has 0 saturated heterocycles. The van der Waals surface area contributed by atoms with Gasteiger partial charge in [-0.1, -0.05) is 12.1 Å². The zero-order valence-corrected chi connectivity index (χ0v) is 16.7. The van der Waals surface area contributed by atoms with Gasteiger partial charge in [0.25, 0.3) is 5.91 Å². The lowest BCUT2D eigenvalue weighted by molar-refractivity contribution is 0.0657. The number of carbonyl (C=O) groups is 1. The van der Waals surface area contributed by atoms with Crippen LogP contribution in [0, 0.1) is 5.82 Å². The van der Waals surface area contributed by atoms with Crippen LogP contribution in [-0.2, 0) is 16.7 Å². The second kappa shape index (κ2) is 8.48. The average Bonchev–Trinajstić information content (AvgIpc) is 3.21. The summed E-state index contributed by atoms with van der Waals surface area (Å²) in [6.45, 7) is 4.11. The lowest BCUT2D eigenvalue weighted by atomic mass is 10.1. The topological polar surface area (TPSA) is 76.8 Å². The van der Waals surface area contributed by atoms with Gasteiger partial charge in [0.05, 0.1) is 6.26 Å². The van der Waals surface area contributed by atoms with Crippen molar-refractivity contribution in [2.75, 3.05) is 0 Å². The smallest absolute Gasteiger partial charge is 0.339 e. The molecule has 0 N–H and O–H groups in total. The minimum absolute atomic E-state index is 0.0672. The van der Waals surface area contributed by atoms with Crippen molar-refractivity contribution < 1.29 is 26.2 Å². The van der Waals surface area contributed by atoms with Crippen LogP contribution in [-0.4, -0.2) is 25.3 Å². The van der Waals surface area contributed by atoms with Crippen LogP contribution in [0.4, 0.5) is 4.39 Å². The lowest BCUT2D eigenvalue weighted by Gasteiger charge is -2.26. The van der Waals surface area contributed by atoms with Crippen LogP contribution in [0.3, 0.4) is 0 Å².